The summed E-state index contributed by atoms with van der Waals surface area (Å²) in [6.07, 6.45) is 0. The molecule has 1 aromatic carbocycles. The van der Waals surface area contributed by atoms with E-state index in [1.807, 2.05) is 0 Å². The molecule has 0 saturated carbocycles. The second-order valence-corrected chi connectivity index (χ2v) is 5.88. The SMILES string of the molecule is [NH-]c1sc(Br)nc1-c1cc(Cl)ccc1OC(F)F. The molecule has 2 rings (SSSR count). The van der Waals surface area contributed by atoms with Crippen LogP contribution in [0.5, 0.6) is 5.75 Å². The molecule has 3 nitrogen and oxygen atoms in total. The van der Waals surface area contributed by atoms with E-state index in [1.165, 1.54) is 18.2 Å². The van der Waals surface area contributed by atoms with Gasteiger partial charge < -0.3 is 10.5 Å². The molecule has 8 heteroatoms. The van der Waals surface area contributed by atoms with Crippen LogP contribution in [0.3, 0.4) is 0 Å². The number of nitrogens with one attached hydrogen (secondary N) is 1. The number of nitrogens with zero attached hydrogens (tertiary/aromatic N) is 1. The molecule has 0 fully saturated rings. The van der Waals surface area contributed by atoms with Crippen molar-refractivity contribution in [1.29, 1.82) is 0 Å². The number of alkyl halides is 2. The Morgan fingerprint density at radius 2 is 2.17 bits per heavy atom. The number of ether oxygens (including phenoxy) is 1. The molecule has 96 valence electrons. The predicted molar refractivity (Wildman–Crippen MR) is 70.9 cm³/mol. The van der Waals surface area contributed by atoms with Crippen LogP contribution in [-0.2, 0) is 0 Å². The summed E-state index contributed by atoms with van der Waals surface area (Å²) >= 11 is 10.0. The Balaban J connectivity index is 2.54. The fraction of sp³-hybridized carbons (Fsp3) is 0.100. The third-order valence-corrected chi connectivity index (χ3v) is 3.57. The lowest BCUT2D eigenvalue weighted by Crippen LogP contribution is -2.03. The van der Waals surface area contributed by atoms with Crippen LogP contribution < -0.4 is 4.74 Å². The molecule has 0 amide bonds. The fourth-order valence-electron chi connectivity index (χ4n) is 1.36. The molecule has 0 saturated heterocycles. The molecule has 1 aromatic heterocycles. The molecule has 18 heavy (non-hydrogen) atoms. The zero-order chi connectivity index (χ0) is 13.3. The molecule has 0 aliphatic carbocycles. The van der Waals surface area contributed by atoms with Crippen molar-refractivity contribution >= 4 is 43.9 Å². The quantitative estimate of drug-likeness (QED) is 0.729. The summed E-state index contributed by atoms with van der Waals surface area (Å²) in [6.45, 7) is -2.94. The Morgan fingerprint density at radius 1 is 1.44 bits per heavy atom. The predicted octanol–water partition coefficient (Wildman–Crippen LogP) is 5.51. The number of aromatic nitrogens is 1. The average molecular weight is 355 g/mol. The Labute approximate surface area is 119 Å². The molecule has 0 atom stereocenters. The molecule has 1 heterocycles. The summed E-state index contributed by atoms with van der Waals surface area (Å²) in [5.41, 5.74) is 8.25. The first-order chi connectivity index (χ1) is 8.47. The van der Waals surface area contributed by atoms with E-state index in [4.69, 9.17) is 17.3 Å². The van der Waals surface area contributed by atoms with Gasteiger partial charge in [-0.25, -0.2) is 4.98 Å². The standard InChI is InChI=1S/C10H5BrClF2N2OS/c11-9-16-7(8(15)18-9)5-3-4(12)1-2-6(5)17-10(13)14/h1-3,10,15H/q-1. The van der Waals surface area contributed by atoms with E-state index in [2.05, 4.69) is 25.7 Å². The van der Waals surface area contributed by atoms with Gasteiger partial charge in [0.2, 0.25) is 0 Å². The largest absolute Gasteiger partial charge is 0.688 e. The van der Waals surface area contributed by atoms with Crippen LogP contribution in [0.25, 0.3) is 17.0 Å². The second kappa shape index (κ2) is 5.38. The fourth-order valence-corrected chi connectivity index (χ4v) is 2.76. The zero-order valence-electron chi connectivity index (χ0n) is 8.58. The highest BCUT2D eigenvalue weighted by molar-refractivity contribution is 9.11. The van der Waals surface area contributed by atoms with Crippen LogP contribution in [0, 0.1) is 0 Å². The van der Waals surface area contributed by atoms with Gasteiger partial charge in [-0.2, -0.15) is 8.78 Å². The molecule has 0 bridgehead atoms. The topological polar surface area (TPSA) is 45.9 Å². The molecule has 0 radical (unpaired) electrons. The van der Waals surface area contributed by atoms with Crippen molar-refractivity contribution in [2.45, 2.75) is 6.61 Å². The maximum atomic E-state index is 12.3. The van der Waals surface area contributed by atoms with Crippen molar-refractivity contribution in [2.75, 3.05) is 0 Å². The van der Waals surface area contributed by atoms with Crippen LogP contribution in [0.4, 0.5) is 13.8 Å². The van der Waals surface area contributed by atoms with Gasteiger partial charge >= 0.3 is 6.61 Å². The van der Waals surface area contributed by atoms with E-state index >= 15 is 0 Å². The van der Waals surface area contributed by atoms with E-state index < -0.39 is 6.61 Å². The number of hydrogen-bond donors (Lipinski definition) is 0. The Bertz CT molecular complexity index is 579. The first-order valence-electron chi connectivity index (χ1n) is 4.60. The van der Waals surface area contributed by atoms with Crippen molar-refractivity contribution in [3.05, 3.63) is 32.9 Å². The average Bonchev–Trinajstić information content (AvgIpc) is 2.60. The molecular weight excluding hydrogens is 350 g/mol. The summed E-state index contributed by atoms with van der Waals surface area (Å²) in [7, 11) is 0. The Hall–Kier alpha value is -0.920. The van der Waals surface area contributed by atoms with Gasteiger partial charge in [0.25, 0.3) is 0 Å². The summed E-state index contributed by atoms with van der Waals surface area (Å²) < 4.78 is 29.5. The highest BCUT2D eigenvalue weighted by atomic mass is 79.9. The van der Waals surface area contributed by atoms with E-state index in [0.717, 1.165) is 11.3 Å². The van der Waals surface area contributed by atoms with Crippen LogP contribution in [0.1, 0.15) is 0 Å². The normalized spacial score (nSPS) is 10.9. The minimum Gasteiger partial charge on any atom is -0.688 e. The maximum absolute atomic E-state index is 12.3. The summed E-state index contributed by atoms with van der Waals surface area (Å²) in [5, 5.41) is 0.499. The van der Waals surface area contributed by atoms with Crippen LogP contribution in [0.2, 0.25) is 5.02 Å². The lowest BCUT2D eigenvalue weighted by molar-refractivity contribution is -0.0494. The Kier molecular flexibility index (Phi) is 4.04. The van der Waals surface area contributed by atoms with Crippen molar-refractivity contribution in [3.8, 4) is 17.0 Å². The van der Waals surface area contributed by atoms with Crippen LogP contribution in [-0.4, -0.2) is 11.6 Å². The van der Waals surface area contributed by atoms with Gasteiger partial charge in [-0.05, 0) is 34.1 Å². The number of rotatable bonds is 3. The van der Waals surface area contributed by atoms with E-state index in [-0.39, 0.29) is 22.0 Å². The Morgan fingerprint density at radius 3 is 2.72 bits per heavy atom. The molecule has 0 spiro atoms. The minimum atomic E-state index is -2.94. The summed E-state index contributed by atoms with van der Waals surface area (Å²) in [4.78, 5) is 4.05. The number of halogens is 4. The van der Waals surface area contributed by atoms with E-state index in [0.29, 0.717) is 8.94 Å². The first kappa shape index (κ1) is 13.5. The van der Waals surface area contributed by atoms with Crippen molar-refractivity contribution in [3.63, 3.8) is 0 Å². The molecule has 2 aromatic rings. The minimum absolute atomic E-state index is 0.0549. The van der Waals surface area contributed by atoms with E-state index in [9.17, 15) is 8.78 Å². The summed E-state index contributed by atoms with van der Waals surface area (Å²) in [6, 6.07) is 4.21. The van der Waals surface area contributed by atoms with Gasteiger partial charge in [0.1, 0.15) is 5.75 Å². The van der Waals surface area contributed by atoms with Gasteiger partial charge in [-0.3, -0.25) is 0 Å². The van der Waals surface area contributed by atoms with Crippen LogP contribution in [0.15, 0.2) is 22.1 Å². The molecular formula is C10H5BrClF2N2OS-. The van der Waals surface area contributed by atoms with Crippen molar-refractivity contribution in [1.82, 2.24) is 4.98 Å². The third-order valence-electron chi connectivity index (χ3n) is 2.01. The first-order valence-corrected chi connectivity index (χ1v) is 6.59. The van der Waals surface area contributed by atoms with Crippen molar-refractivity contribution in [2.24, 2.45) is 0 Å². The zero-order valence-corrected chi connectivity index (χ0v) is 11.7. The lowest BCUT2D eigenvalue weighted by atomic mass is 10.1. The number of benzene rings is 1. The van der Waals surface area contributed by atoms with Crippen molar-refractivity contribution < 1.29 is 13.5 Å². The monoisotopic (exact) mass is 353 g/mol. The number of thiazole rings is 1. The third kappa shape index (κ3) is 2.90. The smallest absolute Gasteiger partial charge is 0.387 e. The highest BCUT2D eigenvalue weighted by Gasteiger charge is 2.15. The van der Waals surface area contributed by atoms with Gasteiger partial charge in [0.15, 0.2) is 3.92 Å². The highest BCUT2D eigenvalue weighted by Crippen LogP contribution is 2.42. The molecule has 0 aliphatic rings. The van der Waals surface area contributed by atoms with Gasteiger partial charge in [-0.15, -0.1) is 11.3 Å². The van der Waals surface area contributed by atoms with E-state index in [1.54, 1.807) is 0 Å². The second-order valence-electron chi connectivity index (χ2n) is 3.16. The summed E-state index contributed by atoms with van der Waals surface area (Å²) in [5.74, 6) is -0.0549. The molecule has 0 aliphatic heterocycles. The number of hydrogen-bond acceptors (Lipinski definition) is 3. The molecule has 1 N–H and O–H groups in total. The van der Waals surface area contributed by atoms with Gasteiger partial charge in [-0.1, -0.05) is 16.6 Å². The molecule has 0 unspecified atom stereocenters. The van der Waals surface area contributed by atoms with Gasteiger partial charge in [0.05, 0.1) is 5.69 Å². The lowest BCUT2D eigenvalue weighted by Gasteiger charge is -2.11. The van der Waals surface area contributed by atoms with Gasteiger partial charge in [0, 0.05) is 10.6 Å². The van der Waals surface area contributed by atoms with Crippen LogP contribution >= 0.6 is 38.9 Å². The maximum Gasteiger partial charge on any atom is 0.387 e.